The molecule has 6 nitrogen and oxygen atoms in total. The minimum absolute atomic E-state index is 0.577. The van der Waals surface area contributed by atoms with E-state index in [2.05, 4.69) is 66.7 Å². The molecule has 0 atom stereocenters. The first-order valence-electron chi connectivity index (χ1n) is 16.7. The van der Waals surface area contributed by atoms with Crippen molar-refractivity contribution in [3.63, 3.8) is 0 Å². The first kappa shape index (κ1) is 28.2. The number of nitrogens with zero attached hydrogens (tertiary/aromatic N) is 4. The normalized spacial score (nSPS) is 11.9. The standard InChI is InChI=1S/C44H24N4O2S/c1-3-9-26(10-4-1)41-46-42(48-43(47-41)29-18-22-37-32(24-29)30-13-7-8-14-36(30)51-37)28-16-15-25-17-20-34-38(31(25)23-28)39-35(49-34)21-19-33-40(39)50-44(45-33)27-11-5-2-6-12-27/h1-24H. The Labute approximate surface area is 294 Å². The van der Waals surface area contributed by atoms with Crippen molar-refractivity contribution < 1.29 is 8.83 Å². The lowest BCUT2D eigenvalue weighted by Gasteiger charge is -2.10. The van der Waals surface area contributed by atoms with E-state index in [0.717, 1.165) is 60.5 Å². The second-order valence-corrected chi connectivity index (χ2v) is 13.7. The molecule has 0 aliphatic heterocycles. The summed E-state index contributed by atoms with van der Waals surface area (Å²) < 4.78 is 15.4. The third-order valence-corrected chi connectivity index (χ3v) is 10.7. The Hall–Kier alpha value is -6.70. The molecule has 51 heavy (non-hydrogen) atoms. The van der Waals surface area contributed by atoms with Crippen LogP contribution in [0.4, 0.5) is 0 Å². The maximum Gasteiger partial charge on any atom is 0.227 e. The fourth-order valence-electron chi connectivity index (χ4n) is 7.12. The molecule has 0 radical (unpaired) electrons. The average Bonchev–Trinajstić information content (AvgIpc) is 3.91. The molecule has 4 aromatic heterocycles. The van der Waals surface area contributed by atoms with Gasteiger partial charge in [0.25, 0.3) is 0 Å². The summed E-state index contributed by atoms with van der Waals surface area (Å²) in [5, 5.41) is 6.39. The van der Waals surface area contributed by atoms with E-state index in [0.29, 0.717) is 28.9 Å². The minimum Gasteiger partial charge on any atom is -0.456 e. The van der Waals surface area contributed by atoms with Crippen molar-refractivity contribution in [1.82, 2.24) is 19.9 Å². The summed E-state index contributed by atoms with van der Waals surface area (Å²) in [5.74, 6) is 2.42. The van der Waals surface area contributed by atoms with Gasteiger partial charge in [-0.05, 0) is 71.4 Å². The van der Waals surface area contributed by atoms with E-state index >= 15 is 0 Å². The third-order valence-electron chi connectivity index (χ3n) is 9.55. The zero-order valence-corrected chi connectivity index (χ0v) is 27.7. The SMILES string of the molecule is c1ccc(-c2nc(-c3ccc4sc5ccccc5c4c3)nc(-c3ccc4ccc5oc6ccc7nc(-c8ccccc8)oc7c6c5c4c3)n2)cc1. The summed E-state index contributed by atoms with van der Waals surface area (Å²) in [6.45, 7) is 0. The lowest BCUT2D eigenvalue weighted by Crippen LogP contribution is -2.00. The highest BCUT2D eigenvalue weighted by Crippen LogP contribution is 2.41. The molecule has 11 aromatic rings. The molecule has 0 fully saturated rings. The number of benzene rings is 7. The largest absolute Gasteiger partial charge is 0.456 e. The summed E-state index contributed by atoms with van der Waals surface area (Å²) in [5.41, 5.74) is 6.67. The molecule has 4 heterocycles. The Morgan fingerprint density at radius 3 is 1.82 bits per heavy atom. The Morgan fingerprint density at radius 2 is 1.02 bits per heavy atom. The van der Waals surface area contributed by atoms with Crippen molar-refractivity contribution in [2.75, 3.05) is 0 Å². The molecule has 238 valence electrons. The first-order chi connectivity index (χ1) is 25.2. The molecule has 7 aromatic carbocycles. The van der Waals surface area contributed by atoms with Crippen LogP contribution in [0.5, 0.6) is 0 Å². The predicted octanol–water partition coefficient (Wildman–Crippen LogP) is 12.1. The molecule has 0 N–H and O–H groups in total. The van der Waals surface area contributed by atoms with E-state index in [1.807, 2.05) is 78.9 Å². The average molecular weight is 673 g/mol. The van der Waals surface area contributed by atoms with Crippen LogP contribution >= 0.6 is 11.3 Å². The van der Waals surface area contributed by atoms with Crippen LogP contribution in [0.1, 0.15) is 0 Å². The summed E-state index contributed by atoms with van der Waals surface area (Å²) in [4.78, 5) is 20.0. The fourth-order valence-corrected chi connectivity index (χ4v) is 8.20. The summed E-state index contributed by atoms with van der Waals surface area (Å²) in [6.07, 6.45) is 0. The van der Waals surface area contributed by atoms with E-state index in [1.165, 1.54) is 20.2 Å². The Balaban J connectivity index is 1.13. The van der Waals surface area contributed by atoms with Gasteiger partial charge in [0, 0.05) is 47.8 Å². The summed E-state index contributed by atoms with van der Waals surface area (Å²) >= 11 is 1.80. The van der Waals surface area contributed by atoms with Crippen molar-refractivity contribution in [3.05, 3.63) is 146 Å². The van der Waals surface area contributed by atoms with Crippen molar-refractivity contribution in [1.29, 1.82) is 0 Å². The molecule has 0 saturated heterocycles. The van der Waals surface area contributed by atoms with Gasteiger partial charge in [0.05, 0.1) is 5.39 Å². The van der Waals surface area contributed by atoms with Gasteiger partial charge >= 0.3 is 0 Å². The molecule has 0 bridgehead atoms. The summed E-state index contributed by atoms with van der Waals surface area (Å²) in [6, 6.07) is 49.5. The molecule has 0 spiro atoms. The van der Waals surface area contributed by atoms with Crippen LogP contribution in [0.25, 0.3) is 110 Å². The van der Waals surface area contributed by atoms with E-state index in [-0.39, 0.29) is 0 Å². The van der Waals surface area contributed by atoms with Crippen LogP contribution in [0.2, 0.25) is 0 Å². The fraction of sp³-hybridized carbons (Fsp3) is 0. The Kier molecular flexibility index (Phi) is 6.02. The molecule has 0 aliphatic carbocycles. The smallest absolute Gasteiger partial charge is 0.227 e. The summed E-state index contributed by atoms with van der Waals surface area (Å²) in [7, 11) is 0. The van der Waals surface area contributed by atoms with Gasteiger partial charge in [0.15, 0.2) is 23.1 Å². The van der Waals surface area contributed by atoms with Gasteiger partial charge in [-0.25, -0.2) is 19.9 Å². The van der Waals surface area contributed by atoms with Crippen LogP contribution in [-0.4, -0.2) is 19.9 Å². The van der Waals surface area contributed by atoms with Gasteiger partial charge in [-0.15, -0.1) is 11.3 Å². The van der Waals surface area contributed by atoms with Gasteiger partial charge in [-0.3, -0.25) is 0 Å². The number of furan rings is 1. The zero-order chi connectivity index (χ0) is 33.5. The monoisotopic (exact) mass is 672 g/mol. The number of rotatable bonds is 4. The van der Waals surface area contributed by atoms with Crippen molar-refractivity contribution in [3.8, 4) is 45.6 Å². The highest BCUT2D eigenvalue weighted by Gasteiger charge is 2.20. The van der Waals surface area contributed by atoms with Crippen molar-refractivity contribution >= 4 is 75.3 Å². The number of fused-ring (bicyclic) bond motifs is 10. The molecule has 0 aliphatic rings. The maximum atomic E-state index is 6.48. The van der Waals surface area contributed by atoms with E-state index in [4.69, 9.17) is 28.8 Å². The second kappa shape index (κ2) is 10.9. The molecule has 0 amide bonds. The molecule has 11 rings (SSSR count). The molecule has 7 heteroatoms. The minimum atomic E-state index is 0.577. The van der Waals surface area contributed by atoms with Crippen LogP contribution in [-0.2, 0) is 0 Å². The van der Waals surface area contributed by atoms with Crippen molar-refractivity contribution in [2.24, 2.45) is 0 Å². The van der Waals surface area contributed by atoms with Crippen LogP contribution in [0.15, 0.2) is 154 Å². The van der Waals surface area contributed by atoms with Crippen LogP contribution in [0.3, 0.4) is 0 Å². The van der Waals surface area contributed by atoms with Gasteiger partial charge in [0.1, 0.15) is 16.7 Å². The molecule has 0 unspecified atom stereocenters. The number of hydrogen-bond donors (Lipinski definition) is 0. The molecular weight excluding hydrogens is 649 g/mol. The zero-order valence-electron chi connectivity index (χ0n) is 26.9. The van der Waals surface area contributed by atoms with Crippen LogP contribution < -0.4 is 0 Å². The highest BCUT2D eigenvalue weighted by atomic mass is 32.1. The van der Waals surface area contributed by atoms with E-state index in [9.17, 15) is 0 Å². The second-order valence-electron chi connectivity index (χ2n) is 12.6. The van der Waals surface area contributed by atoms with Gasteiger partial charge in [-0.1, -0.05) is 84.9 Å². The third kappa shape index (κ3) is 4.49. The van der Waals surface area contributed by atoms with Crippen molar-refractivity contribution in [2.45, 2.75) is 0 Å². The number of hydrogen-bond acceptors (Lipinski definition) is 7. The quantitative estimate of drug-likeness (QED) is 0.185. The molecule has 0 saturated carbocycles. The Bertz CT molecular complexity index is 3150. The Morgan fingerprint density at radius 1 is 0.412 bits per heavy atom. The topological polar surface area (TPSA) is 77.8 Å². The lowest BCUT2D eigenvalue weighted by molar-refractivity contribution is 0.622. The number of aromatic nitrogens is 4. The van der Waals surface area contributed by atoms with Gasteiger partial charge < -0.3 is 8.83 Å². The highest BCUT2D eigenvalue weighted by molar-refractivity contribution is 7.25. The number of thiophene rings is 1. The van der Waals surface area contributed by atoms with Gasteiger partial charge in [0.2, 0.25) is 5.89 Å². The van der Waals surface area contributed by atoms with Gasteiger partial charge in [-0.2, -0.15) is 0 Å². The predicted molar refractivity (Wildman–Crippen MR) is 207 cm³/mol. The van der Waals surface area contributed by atoms with E-state index < -0.39 is 0 Å². The molecular formula is C44H24N4O2S. The van der Waals surface area contributed by atoms with E-state index in [1.54, 1.807) is 11.3 Å². The lowest BCUT2D eigenvalue weighted by atomic mass is 10.0. The number of oxazole rings is 1. The van der Waals surface area contributed by atoms with Crippen LogP contribution in [0, 0.1) is 0 Å². The first-order valence-corrected chi connectivity index (χ1v) is 17.5. The maximum absolute atomic E-state index is 6.48.